The zero-order valence-electron chi connectivity index (χ0n) is 6.76. The van der Waals surface area contributed by atoms with Gasteiger partial charge in [-0.25, -0.2) is 0 Å². The SMILES string of the molecule is C=CCNOCCN(C)C. The molecule has 3 nitrogen and oxygen atoms in total. The van der Waals surface area contributed by atoms with Crippen LogP contribution in [0.3, 0.4) is 0 Å². The molecule has 1 N–H and O–H groups in total. The van der Waals surface area contributed by atoms with E-state index in [0.29, 0.717) is 13.2 Å². The van der Waals surface area contributed by atoms with E-state index in [4.69, 9.17) is 4.84 Å². The molecule has 0 saturated heterocycles. The predicted octanol–water partition coefficient (Wildman–Crippen LogP) is 0.255. The number of likely N-dealkylation sites (N-methyl/N-ethyl adjacent to an activating group) is 1. The molecular formula is C7H16N2O. The Morgan fingerprint density at radius 3 is 2.80 bits per heavy atom. The molecule has 0 aromatic carbocycles. The number of nitrogens with zero attached hydrogens (tertiary/aromatic N) is 1. The molecule has 0 aliphatic heterocycles. The first kappa shape index (κ1) is 9.62. The maximum atomic E-state index is 5.02. The highest BCUT2D eigenvalue weighted by molar-refractivity contribution is 4.66. The van der Waals surface area contributed by atoms with E-state index < -0.39 is 0 Å². The van der Waals surface area contributed by atoms with Crippen molar-refractivity contribution in [1.29, 1.82) is 0 Å². The first-order chi connectivity index (χ1) is 4.77. The lowest BCUT2D eigenvalue weighted by molar-refractivity contribution is 0.0394. The Bertz CT molecular complexity index is 83.7. The molecule has 0 bridgehead atoms. The Morgan fingerprint density at radius 2 is 2.30 bits per heavy atom. The largest absolute Gasteiger partial charge is 0.307 e. The zero-order valence-corrected chi connectivity index (χ0v) is 6.76. The van der Waals surface area contributed by atoms with E-state index in [1.54, 1.807) is 6.08 Å². The minimum atomic E-state index is 0.702. The molecule has 0 aliphatic rings. The van der Waals surface area contributed by atoms with E-state index in [9.17, 15) is 0 Å². The van der Waals surface area contributed by atoms with Crippen molar-refractivity contribution in [1.82, 2.24) is 10.4 Å². The van der Waals surface area contributed by atoms with Crippen molar-refractivity contribution in [3.63, 3.8) is 0 Å². The number of nitrogens with one attached hydrogen (secondary N) is 1. The Morgan fingerprint density at radius 1 is 1.60 bits per heavy atom. The summed E-state index contributed by atoms with van der Waals surface area (Å²) in [5.74, 6) is 0. The molecule has 0 atom stereocenters. The highest BCUT2D eigenvalue weighted by Gasteiger charge is 1.87. The van der Waals surface area contributed by atoms with Crippen molar-refractivity contribution in [2.75, 3.05) is 33.8 Å². The van der Waals surface area contributed by atoms with Crippen LogP contribution in [0.5, 0.6) is 0 Å². The lowest BCUT2D eigenvalue weighted by Crippen LogP contribution is -2.23. The molecule has 0 rings (SSSR count). The quantitative estimate of drug-likeness (QED) is 0.329. The summed E-state index contributed by atoms with van der Waals surface area (Å²) < 4.78 is 0. The third-order valence-electron chi connectivity index (χ3n) is 0.970. The normalized spacial score (nSPS) is 10.3. The van der Waals surface area contributed by atoms with Crippen LogP contribution in [0.4, 0.5) is 0 Å². The maximum Gasteiger partial charge on any atom is 0.0809 e. The van der Waals surface area contributed by atoms with Crippen LogP contribution >= 0.6 is 0 Å². The predicted molar refractivity (Wildman–Crippen MR) is 42.7 cm³/mol. The minimum Gasteiger partial charge on any atom is -0.307 e. The van der Waals surface area contributed by atoms with Crippen LogP contribution in [-0.2, 0) is 4.84 Å². The highest BCUT2D eigenvalue weighted by atomic mass is 16.6. The standard InChI is InChI=1S/C7H16N2O/c1-4-5-8-10-7-6-9(2)3/h4,8H,1,5-7H2,2-3H3. The zero-order chi connectivity index (χ0) is 7.82. The molecule has 0 saturated carbocycles. The molecule has 0 fully saturated rings. The van der Waals surface area contributed by atoms with Gasteiger partial charge in [0.05, 0.1) is 6.61 Å². The van der Waals surface area contributed by atoms with Gasteiger partial charge in [-0.1, -0.05) is 6.08 Å². The number of hydrogen-bond acceptors (Lipinski definition) is 3. The van der Waals surface area contributed by atoms with Gasteiger partial charge >= 0.3 is 0 Å². The summed E-state index contributed by atoms with van der Waals surface area (Å²) in [5.41, 5.74) is 2.75. The van der Waals surface area contributed by atoms with Gasteiger partial charge in [-0.2, -0.15) is 5.48 Å². The fourth-order valence-corrected chi connectivity index (χ4v) is 0.418. The number of rotatable bonds is 6. The van der Waals surface area contributed by atoms with Crippen LogP contribution in [0.25, 0.3) is 0 Å². The van der Waals surface area contributed by atoms with Crippen LogP contribution < -0.4 is 5.48 Å². The van der Waals surface area contributed by atoms with Crippen molar-refractivity contribution in [2.24, 2.45) is 0 Å². The monoisotopic (exact) mass is 144 g/mol. The van der Waals surface area contributed by atoms with Crippen LogP contribution in [-0.4, -0.2) is 38.7 Å². The van der Waals surface area contributed by atoms with Crippen molar-refractivity contribution < 1.29 is 4.84 Å². The van der Waals surface area contributed by atoms with Gasteiger partial charge in [0.2, 0.25) is 0 Å². The second-order valence-corrected chi connectivity index (χ2v) is 2.29. The average Bonchev–Trinajstić information content (AvgIpc) is 1.87. The molecule has 3 heteroatoms. The second-order valence-electron chi connectivity index (χ2n) is 2.29. The van der Waals surface area contributed by atoms with Gasteiger partial charge in [0.15, 0.2) is 0 Å². The van der Waals surface area contributed by atoms with Crippen LogP contribution in [0.15, 0.2) is 12.7 Å². The molecule has 60 valence electrons. The van der Waals surface area contributed by atoms with Gasteiger partial charge in [-0.15, -0.1) is 6.58 Å². The summed E-state index contributed by atoms with van der Waals surface area (Å²) >= 11 is 0. The second kappa shape index (κ2) is 6.74. The van der Waals surface area contributed by atoms with Crippen molar-refractivity contribution >= 4 is 0 Å². The van der Waals surface area contributed by atoms with Gasteiger partial charge < -0.3 is 9.74 Å². The van der Waals surface area contributed by atoms with E-state index >= 15 is 0 Å². The number of hydrogen-bond donors (Lipinski definition) is 1. The topological polar surface area (TPSA) is 24.5 Å². The van der Waals surface area contributed by atoms with Gasteiger partial charge in [0, 0.05) is 13.1 Å². The van der Waals surface area contributed by atoms with Crippen molar-refractivity contribution in [3.05, 3.63) is 12.7 Å². The fraction of sp³-hybridized carbons (Fsp3) is 0.714. The van der Waals surface area contributed by atoms with Crippen LogP contribution in [0.2, 0.25) is 0 Å². The fourth-order valence-electron chi connectivity index (χ4n) is 0.418. The maximum absolute atomic E-state index is 5.02. The Balaban J connectivity index is 2.83. The lowest BCUT2D eigenvalue weighted by atomic mass is 10.6. The Labute approximate surface area is 62.6 Å². The summed E-state index contributed by atoms with van der Waals surface area (Å²) in [6.07, 6.45) is 1.76. The Kier molecular flexibility index (Phi) is 6.48. The molecular weight excluding hydrogens is 128 g/mol. The van der Waals surface area contributed by atoms with Crippen molar-refractivity contribution in [2.45, 2.75) is 0 Å². The summed E-state index contributed by atoms with van der Waals surface area (Å²) in [4.78, 5) is 7.09. The first-order valence-corrected chi connectivity index (χ1v) is 3.37. The van der Waals surface area contributed by atoms with Crippen LogP contribution in [0, 0.1) is 0 Å². The van der Waals surface area contributed by atoms with E-state index in [-0.39, 0.29) is 0 Å². The summed E-state index contributed by atoms with van der Waals surface area (Å²) in [7, 11) is 4.02. The minimum absolute atomic E-state index is 0.702. The molecule has 10 heavy (non-hydrogen) atoms. The third-order valence-corrected chi connectivity index (χ3v) is 0.970. The van der Waals surface area contributed by atoms with Crippen LogP contribution in [0.1, 0.15) is 0 Å². The number of hydroxylamine groups is 1. The summed E-state index contributed by atoms with van der Waals surface area (Å²) in [6.45, 7) is 5.89. The van der Waals surface area contributed by atoms with E-state index in [2.05, 4.69) is 17.0 Å². The Hall–Kier alpha value is -0.380. The summed E-state index contributed by atoms with van der Waals surface area (Å²) in [6, 6.07) is 0. The molecule has 0 aromatic heterocycles. The smallest absolute Gasteiger partial charge is 0.0809 e. The summed E-state index contributed by atoms with van der Waals surface area (Å²) in [5, 5.41) is 0. The van der Waals surface area contributed by atoms with Gasteiger partial charge in [0.1, 0.15) is 0 Å². The lowest BCUT2D eigenvalue weighted by Gasteiger charge is -2.08. The van der Waals surface area contributed by atoms with Gasteiger partial charge in [0.25, 0.3) is 0 Å². The molecule has 0 aromatic rings. The first-order valence-electron chi connectivity index (χ1n) is 3.37. The molecule has 0 amide bonds. The molecule has 0 unspecified atom stereocenters. The van der Waals surface area contributed by atoms with E-state index in [0.717, 1.165) is 6.54 Å². The molecule has 0 heterocycles. The van der Waals surface area contributed by atoms with Gasteiger partial charge in [-0.3, -0.25) is 0 Å². The third kappa shape index (κ3) is 7.62. The van der Waals surface area contributed by atoms with Gasteiger partial charge in [-0.05, 0) is 14.1 Å². The molecule has 0 spiro atoms. The van der Waals surface area contributed by atoms with E-state index in [1.807, 2.05) is 14.1 Å². The molecule has 0 radical (unpaired) electrons. The average molecular weight is 144 g/mol. The highest BCUT2D eigenvalue weighted by Crippen LogP contribution is 1.73. The van der Waals surface area contributed by atoms with Crippen molar-refractivity contribution in [3.8, 4) is 0 Å². The molecule has 0 aliphatic carbocycles. The van der Waals surface area contributed by atoms with E-state index in [1.165, 1.54) is 0 Å².